The fourth-order valence-electron chi connectivity index (χ4n) is 3.80. The third kappa shape index (κ3) is 5.18. The van der Waals surface area contributed by atoms with Crippen LogP contribution >= 0.6 is 0 Å². The Kier molecular flexibility index (Phi) is 6.80. The Hall–Kier alpha value is -3.90. The van der Waals surface area contributed by atoms with Crippen LogP contribution in [0.5, 0.6) is 0 Å². The summed E-state index contributed by atoms with van der Waals surface area (Å²) in [5.74, 6) is -0.376. The molecule has 4 rings (SSSR count). The van der Waals surface area contributed by atoms with Crippen LogP contribution in [0.2, 0.25) is 0 Å². The van der Waals surface area contributed by atoms with Crippen molar-refractivity contribution in [2.24, 2.45) is 0 Å². The number of carbonyl (C=O) groups excluding carboxylic acids is 1. The third-order valence-electron chi connectivity index (χ3n) is 5.66. The Balaban J connectivity index is 1.66. The summed E-state index contributed by atoms with van der Waals surface area (Å²) in [6, 6.07) is 30.4. The van der Waals surface area contributed by atoms with Crippen LogP contribution in [0, 0.1) is 13.8 Å². The Morgan fingerprint density at radius 2 is 1.35 bits per heavy atom. The summed E-state index contributed by atoms with van der Waals surface area (Å²) in [5, 5.41) is 3.11. The maximum absolute atomic E-state index is 13.5. The van der Waals surface area contributed by atoms with E-state index in [1.54, 1.807) is 48.5 Å². The molecule has 0 aliphatic heterocycles. The summed E-state index contributed by atoms with van der Waals surface area (Å²) in [6.07, 6.45) is 0. The molecule has 1 atom stereocenters. The molecule has 6 heteroatoms. The lowest BCUT2D eigenvalue weighted by molar-refractivity contribution is 0.0944. The van der Waals surface area contributed by atoms with Gasteiger partial charge in [0.25, 0.3) is 15.9 Å². The molecule has 0 aromatic heterocycles. The molecule has 0 fully saturated rings. The summed E-state index contributed by atoms with van der Waals surface area (Å²) < 4.78 is 28.5. The minimum absolute atomic E-state index is 0.135. The van der Waals surface area contributed by atoms with Crippen molar-refractivity contribution < 1.29 is 13.2 Å². The number of sulfonamides is 1. The molecular formula is C28H26N2O3S. The van der Waals surface area contributed by atoms with Crippen LogP contribution in [0.25, 0.3) is 0 Å². The van der Waals surface area contributed by atoms with Gasteiger partial charge in [0.15, 0.2) is 0 Å². The van der Waals surface area contributed by atoms with Gasteiger partial charge in [0.05, 0.1) is 22.2 Å². The van der Waals surface area contributed by atoms with Crippen molar-refractivity contribution in [3.05, 3.63) is 131 Å². The number of nitrogens with one attached hydrogen (secondary N) is 2. The second-order valence-corrected chi connectivity index (χ2v) is 9.82. The Labute approximate surface area is 200 Å². The van der Waals surface area contributed by atoms with Crippen molar-refractivity contribution in [3.63, 3.8) is 0 Å². The molecule has 1 amide bonds. The van der Waals surface area contributed by atoms with Crippen molar-refractivity contribution in [1.29, 1.82) is 0 Å². The number of carbonyl (C=O) groups is 1. The van der Waals surface area contributed by atoms with Gasteiger partial charge in [-0.05, 0) is 54.8 Å². The third-order valence-corrected chi connectivity index (χ3v) is 7.04. The lowest BCUT2D eigenvalue weighted by atomic mass is 9.94. The highest BCUT2D eigenvalue weighted by Gasteiger charge is 2.23. The zero-order chi connectivity index (χ0) is 24.1. The lowest BCUT2D eigenvalue weighted by Gasteiger charge is -2.22. The van der Waals surface area contributed by atoms with E-state index in [9.17, 15) is 13.2 Å². The first-order valence-corrected chi connectivity index (χ1v) is 12.4. The number of aryl methyl sites for hydroxylation is 2. The number of amides is 1. The quantitative estimate of drug-likeness (QED) is 0.368. The number of hydrogen-bond donors (Lipinski definition) is 2. The van der Waals surface area contributed by atoms with Crippen molar-refractivity contribution in [2.45, 2.75) is 24.8 Å². The van der Waals surface area contributed by atoms with Gasteiger partial charge in [0, 0.05) is 0 Å². The molecule has 0 aliphatic rings. The van der Waals surface area contributed by atoms with Gasteiger partial charge in [-0.1, -0.05) is 84.4 Å². The first kappa shape index (κ1) is 23.3. The number of rotatable bonds is 7. The highest BCUT2D eigenvalue weighted by Crippen LogP contribution is 2.27. The molecule has 0 aliphatic carbocycles. The summed E-state index contributed by atoms with van der Waals surface area (Å²) in [6.45, 7) is 3.89. The predicted octanol–water partition coefficient (Wildman–Crippen LogP) is 5.62. The predicted molar refractivity (Wildman–Crippen MR) is 135 cm³/mol. The smallest absolute Gasteiger partial charge is 0.261 e. The van der Waals surface area contributed by atoms with Crippen molar-refractivity contribution in [3.8, 4) is 0 Å². The SMILES string of the molecule is Cc1ccc(S(=O)(=O)Nc2ccccc2C(=O)N[C@@H](c2ccccc2)c2ccccc2C)cc1. The van der Waals surface area contributed by atoms with Gasteiger partial charge >= 0.3 is 0 Å². The van der Waals surface area contributed by atoms with Gasteiger partial charge in [-0.15, -0.1) is 0 Å². The molecule has 0 spiro atoms. The van der Waals surface area contributed by atoms with Crippen LogP contribution in [0.1, 0.15) is 38.7 Å². The zero-order valence-corrected chi connectivity index (χ0v) is 19.8. The highest BCUT2D eigenvalue weighted by atomic mass is 32.2. The molecule has 0 unspecified atom stereocenters. The standard InChI is InChI=1S/C28H26N2O3S/c1-20-16-18-23(19-17-20)34(32,33)30-26-15-9-8-14-25(26)28(31)29-27(22-11-4-3-5-12-22)24-13-7-6-10-21(24)2/h3-19,27,30H,1-2H3,(H,29,31)/t27-/m0/s1. The molecule has 34 heavy (non-hydrogen) atoms. The maximum atomic E-state index is 13.5. The minimum Gasteiger partial charge on any atom is -0.341 e. The zero-order valence-electron chi connectivity index (χ0n) is 19.0. The normalized spacial score (nSPS) is 12.1. The van der Waals surface area contributed by atoms with Gasteiger partial charge < -0.3 is 5.32 Å². The van der Waals surface area contributed by atoms with E-state index in [0.29, 0.717) is 0 Å². The van der Waals surface area contributed by atoms with Crippen molar-refractivity contribution in [2.75, 3.05) is 4.72 Å². The van der Waals surface area contributed by atoms with E-state index < -0.39 is 16.1 Å². The largest absolute Gasteiger partial charge is 0.341 e. The summed E-state index contributed by atoms with van der Waals surface area (Å²) in [5.41, 5.74) is 4.37. The first-order chi connectivity index (χ1) is 16.3. The van der Waals surface area contributed by atoms with Gasteiger partial charge in [-0.2, -0.15) is 0 Å². The van der Waals surface area contributed by atoms with Crippen LogP contribution in [-0.4, -0.2) is 14.3 Å². The van der Waals surface area contributed by atoms with Gasteiger partial charge in [0.2, 0.25) is 0 Å². The van der Waals surface area contributed by atoms with Crippen molar-refractivity contribution >= 4 is 21.6 Å². The van der Waals surface area contributed by atoms with Crippen molar-refractivity contribution in [1.82, 2.24) is 5.32 Å². The molecule has 0 bridgehead atoms. The van der Waals surface area contributed by atoms with E-state index in [-0.39, 0.29) is 22.1 Å². The minimum atomic E-state index is -3.86. The summed E-state index contributed by atoms with van der Waals surface area (Å²) in [4.78, 5) is 13.6. The lowest BCUT2D eigenvalue weighted by Crippen LogP contribution is -2.30. The molecule has 0 heterocycles. The monoisotopic (exact) mass is 470 g/mol. The number of para-hydroxylation sites is 1. The summed E-state index contributed by atoms with van der Waals surface area (Å²) >= 11 is 0. The van der Waals surface area contributed by atoms with Crippen LogP contribution in [0.3, 0.4) is 0 Å². The molecule has 4 aromatic rings. The van der Waals surface area contributed by atoms with E-state index in [1.807, 2.05) is 68.4 Å². The van der Waals surface area contributed by atoms with E-state index in [2.05, 4.69) is 10.0 Å². The van der Waals surface area contributed by atoms with Crippen LogP contribution in [-0.2, 0) is 10.0 Å². The van der Waals surface area contributed by atoms with Crippen LogP contribution < -0.4 is 10.0 Å². The fourth-order valence-corrected chi connectivity index (χ4v) is 4.88. The molecule has 0 saturated heterocycles. The Morgan fingerprint density at radius 1 is 0.735 bits per heavy atom. The number of benzene rings is 4. The molecule has 172 valence electrons. The summed E-state index contributed by atoms with van der Waals surface area (Å²) in [7, 11) is -3.86. The first-order valence-electron chi connectivity index (χ1n) is 10.9. The fraction of sp³-hybridized carbons (Fsp3) is 0.107. The average molecular weight is 471 g/mol. The molecule has 0 radical (unpaired) electrons. The van der Waals surface area contributed by atoms with Crippen LogP contribution in [0.15, 0.2) is 108 Å². The van der Waals surface area contributed by atoms with E-state index in [1.165, 1.54) is 0 Å². The van der Waals surface area contributed by atoms with Gasteiger partial charge in [0.1, 0.15) is 0 Å². The number of anilines is 1. The molecular weight excluding hydrogens is 444 g/mol. The number of hydrogen-bond acceptors (Lipinski definition) is 3. The Bertz CT molecular complexity index is 1400. The van der Waals surface area contributed by atoms with E-state index in [4.69, 9.17) is 0 Å². The maximum Gasteiger partial charge on any atom is 0.261 e. The van der Waals surface area contributed by atoms with Crippen LogP contribution in [0.4, 0.5) is 5.69 Å². The molecule has 0 saturated carbocycles. The Morgan fingerprint density at radius 3 is 2.06 bits per heavy atom. The van der Waals surface area contributed by atoms with E-state index >= 15 is 0 Å². The van der Waals surface area contributed by atoms with Gasteiger partial charge in [-0.3, -0.25) is 9.52 Å². The second kappa shape index (κ2) is 9.93. The highest BCUT2D eigenvalue weighted by molar-refractivity contribution is 7.92. The second-order valence-electron chi connectivity index (χ2n) is 8.14. The van der Waals surface area contributed by atoms with E-state index in [0.717, 1.165) is 22.3 Å². The topological polar surface area (TPSA) is 75.3 Å². The molecule has 5 nitrogen and oxygen atoms in total. The average Bonchev–Trinajstić information content (AvgIpc) is 2.84. The van der Waals surface area contributed by atoms with Gasteiger partial charge in [-0.25, -0.2) is 8.42 Å². The molecule has 4 aromatic carbocycles. The molecule has 2 N–H and O–H groups in total.